The normalized spacial score (nSPS) is 10.3. The van der Waals surface area contributed by atoms with Crippen molar-refractivity contribution in [3.8, 4) is 0 Å². The predicted molar refractivity (Wildman–Crippen MR) is 69.1 cm³/mol. The maximum atomic E-state index is 13.2. The summed E-state index contributed by atoms with van der Waals surface area (Å²) in [4.78, 5) is 22.1. The number of nitrogens with zero attached hydrogens (tertiary/aromatic N) is 2. The van der Waals surface area contributed by atoms with Crippen LogP contribution in [-0.4, -0.2) is 21.0 Å². The second-order valence-electron chi connectivity index (χ2n) is 4.19. The highest BCUT2D eigenvalue weighted by atomic mass is 19.1. The summed E-state index contributed by atoms with van der Waals surface area (Å²) in [5.74, 6) is -1.26. The number of carbonyl (C=O) groups is 1. The zero-order valence-electron chi connectivity index (χ0n) is 10.7. The van der Waals surface area contributed by atoms with Gasteiger partial charge < -0.3 is 5.32 Å². The number of aromatic amines is 1. The summed E-state index contributed by atoms with van der Waals surface area (Å²) in [6.07, 6.45) is 0. The maximum absolute atomic E-state index is 13.2. The van der Waals surface area contributed by atoms with E-state index in [0.29, 0.717) is 5.56 Å². The highest BCUT2D eigenvalue weighted by Crippen LogP contribution is 2.22. The monoisotopic (exact) mass is 278 g/mol. The molecule has 0 bridgehead atoms. The number of benzene rings is 1. The molecule has 1 heterocycles. The number of anilines is 1. The fourth-order valence-electron chi connectivity index (χ4n) is 1.63. The van der Waals surface area contributed by atoms with Gasteiger partial charge in [-0.1, -0.05) is 0 Å². The van der Waals surface area contributed by atoms with E-state index in [0.717, 1.165) is 23.9 Å². The zero-order chi connectivity index (χ0) is 14.9. The average molecular weight is 278 g/mol. The molecule has 1 aromatic heterocycles. The maximum Gasteiger partial charge on any atom is 0.282 e. The standard InChI is InChI=1S/C12H11FN4O3/c1-6-7(2)15-16-11(6)14-12(18)9-5-8(13)3-4-10(9)17(19)20/h3-5H,1-2H3,(H2,14,15,16,18). The van der Waals surface area contributed by atoms with E-state index in [1.807, 2.05) is 0 Å². The Kier molecular flexibility index (Phi) is 3.47. The van der Waals surface area contributed by atoms with Crippen LogP contribution in [0.5, 0.6) is 0 Å². The van der Waals surface area contributed by atoms with E-state index in [1.165, 1.54) is 0 Å². The highest BCUT2D eigenvalue weighted by Gasteiger charge is 2.22. The second-order valence-corrected chi connectivity index (χ2v) is 4.19. The topological polar surface area (TPSA) is 101 Å². The lowest BCUT2D eigenvalue weighted by Gasteiger charge is -2.04. The molecule has 0 saturated heterocycles. The quantitative estimate of drug-likeness (QED) is 0.664. The first-order valence-corrected chi connectivity index (χ1v) is 5.67. The summed E-state index contributed by atoms with van der Waals surface area (Å²) in [7, 11) is 0. The molecule has 0 aliphatic rings. The molecule has 1 amide bonds. The van der Waals surface area contributed by atoms with Crippen LogP contribution < -0.4 is 5.32 Å². The third kappa shape index (κ3) is 2.48. The minimum atomic E-state index is -0.786. The highest BCUT2D eigenvalue weighted by molar-refractivity contribution is 6.06. The lowest BCUT2D eigenvalue weighted by Crippen LogP contribution is -2.15. The van der Waals surface area contributed by atoms with Gasteiger partial charge >= 0.3 is 0 Å². The Hall–Kier alpha value is -2.77. The number of H-pyrrole nitrogens is 1. The first-order chi connectivity index (χ1) is 9.40. The third-order valence-electron chi connectivity index (χ3n) is 2.88. The van der Waals surface area contributed by atoms with Crippen LogP contribution in [0.15, 0.2) is 18.2 Å². The lowest BCUT2D eigenvalue weighted by molar-refractivity contribution is -0.385. The number of aromatic nitrogens is 2. The van der Waals surface area contributed by atoms with Crippen molar-refractivity contribution in [2.75, 3.05) is 5.32 Å². The number of nitro benzene ring substituents is 1. The predicted octanol–water partition coefficient (Wildman–Crippen LogP) is 2.33. The molecule has 8 heteroatoms. The molecule has 7 nitrogen and oxygen atoms in total. The van der Waals surface area contributed by atoms with Gasteiger partial charge in [-0.3, -0.25) is 20.0 Å². The smallest absolute Gasteiger partial charge is 0.282 e. The van der Waals surface area contributed by atoms with E-state index in [1.54, 1.807) is 13.8 Å². The van der Waals surface area contributed by atoms with Gasteiger partial charge in [-0.25, -0.2) is 4.39 Å². The van der Waals surface area contributed by atoms with Crippen molar-refractivity contribution in [1.29, 1.82) is 0 Å². The number of hydrogen-bond acceptors (Lipinski definition) is 4. The van der Waals surface area contributed by atoms with E-state index in [4.69, 9.17) is 0 Å². The van der Waals surface area contributed by atoms with Crippen LogP contribution in [0, 0.1) is 29.8 Å². The van der Waals surface area contributed by atoms with Gasteiger partial charge in [0.1, 0.15) is 11.4 Å². The lowest BCUT2D eigenvalue weighted by atomic mass is 10.1. The van der Waals surface area contributed by atoms with Gasteiger partial charge in [0.15, 0.2) is 5.82 Å². The molecule has 1 aromatic carbocycles. The van der Waals surface area contributed by atoms with E-state index >= 15 is 0 Å². The Morgan fingerprint density at radius 2 is 2.15 bits per heavy atom. The van der Waals surface area contributed by atoms with Gasteiger partial charge in [0.05, 0.1) is 4.92 Å². The number of rotatable bonds is 3. The zero-order valence-corrected chi connectivity index (χ0v) is 10.7. The fourth-order valence-corrected chi connectivity index (χ4v) is 1.63. The molecule has 0 aliphatic carbocycles. The molecular formula is C12H11FN4O3. The average Bonchev–Trinajstić information content (AvgIpc) is 2.70. The van der Waals surface area contributed by atoms with Crippen molar-refractivity contribution in [1.82, 2.24) is 10.2 Å². The van der Waals surface area contributed by atoms with Crippen LogP contribution in [0.4, 0.5) is 15.9 Å². The van der Waals surface area contributed by atoms with Gasteiger partial charge in [0, 0.05) is 17.3 Å². The Labute approximate surface area is 113 Å². The Morgan fingerprint density at radius 1 is 1.45 bits per heavy atom. The summed E-state index contributed by atoms with van der Waals surface area (Å²) >= 11 is 0. The molecule has 2 rings (SSSR count). The number of amides is 1. The van der Waals surface area contributed by atoms with Gasteiger partial charge in [0.25, 0.3) is 11.6 Å². The number of nitrogens with one attached hydrogen (secondary N) is 2. The number of aryl methyl sites for hydroxylation is 1. The SMILES string of the molecule is Cc1[nH]nc(NC(=O)c2cc(F)ccc2[N+](=O)[O-])c1C. The molecule has 0 saturated carbocycles. The second kappa shape index (κ2) is 5.08. The van der Waals surface area contributed by atoms with Crippen molar-refractivity contribution >= 4 is 17.4 Å². The summed E-state index contributed by atoms with van der Waals surface area (Å²) < 4.78 is 13.2. The van der Waals surface area contributed by atoms with E-state index in [9.17, 15) is 19.3 Å². The number of nitro groups is 1. The van der Waals surface area contributed by atoms with E-state index in [-0.39, 0.29) is 11.4 Å². The summed E-state index contributed by atoms with van der Waals surface area (Å²) in [6.45, 7) is 3.50. The fraction of sp³-hybridized carbons (Fsp3) is 0.167. The summed E-state index contributed by atoms with van der Waals surface area (Å²) in [5.41, 5.74) is 0.648. The van der Waals surface area contributed by atoms with Crippen molar-refractivity contribution in [3.05, 3.63) is 51.0 Å². The minimum Gasteiger partial charge on any atom is -0.305 e. The molecular weight excluding hydrogens is 267 g/mol. The number of hydrogen-bond donors (Lipinski definition) is 2. The molecule has 2 aromatic rings. The first-order valence-electron chi connectivity index (χ1n) is 5.67. The molecule has 0 atom stereocenters. The molecule has 2 N–H and O–H groups in total. The van der Waals surface area contributed by atoms with Gasteiger partial charge in [-0.05, 0) is 26.0 Å². The minimum absolute atomic E-state index is 0.256. The largest absolute Gasteiger partial charge is 0.305 e. The van der Waals surface area contributed by atoms with Crippen LogP contribution in [0.25, 0.3) is 0 Å². The van der Waals surface area contributed by atoms with E-state index in [2.05, 4.69) is 15.5 Å². The summed E-state index contributed by atoms with van der Waals surface area (Å²) in [5, 5.41) is 19.8. The van der Waals surface area contributed by atoms with Crippen LogP contribution in [0.3, 0.4) is 0 Å². The Morgan fingerprint density at radius 3 is 2.70 bits per heavy atom. The first kappa shape index (κ1) is 13.7. The van der Waals surface area contributed by atoms with E-state index < -0.39 is 22.3 Å². The molecule has 0 aliphatic heterocycles. The van der Waals surface area contributed by atoms with Gasteiger partial charge in [-0.15, -0.1) is 0 Å². The molecule has 0 fully saturated rings. The Balaban J connectivity index is 2.36. The summed E-state index contributed by atoms with van der Waals surface area (Å²) in [6, 6.07) is 2.70. The van der Waals surface area contributed by atoms with Crippen LogP contribution in [-0.2, 0) is 0 Å². The molecule has 0 spiro atoms. The van der Waals surface area contributed by atoms with Crippen LogP contribution in [0.2, 0.25) is 0 Å². The molecule has 0 radical (unpaired) electrons. The molecule has 104 valence electrons. The molecule has 20 heavy (non-hydrogen) atoms. The van der Waals surface area contributed by atoms with Crippen LogP contribution >= 0.6 is 0 Å². The number of carbonyl (C=O) groups excluding carboxylic acids is 1. The van der Waals surface area contributed by atoms with Gasteiger partial charge in [-0.2, -0.15) is 5.10 Å². The van der Waals surface area contributed by atoms with Gasteiger partial charge in [0.2, 0.25) is 0 Å². The molecule has 0 unspecified atom stereocenters. The number of halogens is 1. The third-order valence-corrected chi connectivity index (χ3v) is 2.88. The van der Waals surface area contributed by atoms with Crippen molar-refractivity contribution < 1.29 is 14.1 Å². The van der Waals surface area contributed by atoms with Crippen molar-refractivity contribution in [3.63, 3.8) is 0 Å². The van der Waals surface area contributed by atoms with Crippen molar-refractivity contribution in [2.24, 2.45) is 0 Å². The Bertz CT molecular complexity index is 696. The van der Waals surface area contributed by atoms with Crippen LogP contribution in [0.1, 0.15) is 21.6 Å². The van der Waals surface area contributed by atoms with Crippen molar-refractivity contribution in [2.45, 2.75) is 13.8 Å².